The number of halogens is 2. The number of rotatable bonds is 4. The number of hydrogen-bond donors (Lipinski definition) is 0. The Bertz CT molecular complexity index is 820. The molecule has 0 N–H and O–H groups in total. The van der Waals surface area contributed by atoms with Crippen molar-refractivity contribution >= 4 is 27.7 Å². The molecule has 0 saturated heterocycles. The average Bonchev–Trinajstić information content (AvgIpc) is 2.46. The first-order valence-corrected chi connectivity index (χ1v) is 7.70. The Morgan fingerprint density at radius 2 is 1.91 bits per heavy atom. The summed E-state index contributed by atoms with van der Waals surface area (Å²) in [5.74, 6) is -1.58. The smallest absolute Gasteiger partial charge is 0.340 e. The lowest BCUT2D eigenvalue weighted by Gasteiger charge is -2.09. The Hall–Kier alpha value is -2.12. The Balaban J connectivity index is 2.42. The highest BCUT2D eigenvalue weighted by Gasteiger charge is 2.22. The van der Waals surface area contributed by atoms with Gasteiger partial charge in [-0.15, -0.1) is 0 Å². The average molecular weight is 345 g/mol. The number of benzene rings is 2. The highest BCUT2D eigenvalue weighted by molar-refractivity contribution is 7.87. The summed E-state index contributed by atoms with van der Waals surface area (Å²) in [5, 5.41) is -0.135. The lowest BCUT2D eigenvalue weighted by atomic mass is 10.2. The molecule has 0 aliphatic carbocycles. The zero-order valence-corrected chi connectivity index (χ0v) is 12.8. The summed E-state index contributed by atoms with van der Waals surface area (Å²) in [6, 6.07) is 8.21. The zero-order chi connectivity index (χ0) is 16.3. The van der Waals surface area contributed by atoms with Crippen molar-refractivity contribution < 1.29 is 26.5 Å². The molecule has 8 heteroatoms. The molecule has 116 valence electrons. The molecule has 0 bridgehead atoms. The maximum absolute atomic E-state index is 13.1. The summed E-state index contributed by atoms with van der Waals surface area (Å²) in [6.07, 6.45) is 0. The normalized spacial score (nSPS) is 11.0. The van der Waals surface area contributed by atoms with E-state index in [4.69, 9.17) is 15.8 Å². The fourth-order valence-corrected chi connectivity index (χ4v) is 3.06. The first kappa shape index (κ1) is 16.3. The molecule has 2 aromatic rings. The molecule has 2 rings (SSSR count). The van der Waals surface area contributed by atoms with Gasteiger partial charge in [-0.25, -0.2) is 9.18 Å². The first-order valence-electron chi connectivity index (χ1n) is 5.91. The van der Waals surface area contributed by atoms with Crippen LogP contribution in [0.25, 0.3) is 0 Å². The molecule has 0 aliphatic heterocycles. The molecule has 22 heavy (non-hydrogen) atoms. The molecule has 0 unspecified atom stereocenters. The van der Waals surface area contributed by atoms with Gasteiger partial charge in [0.25, 0.3) is 0 Å². The van der Waals surface area contributed by atoms with E-state index in [1.165, 1.54) is 24.3 Å². The second kappa shape index (κ2) is 6.33. The molecule has 0 radical (unpaired) electrons. The third-order valence-corrected chi connectivity index (χ3v) is 4.35. The van der Waals surface area contributed by atoms with Crippen molar-refractivity contribution in [1.82, 2.24) is 0 Å². The van der Waals surface area contributed by atoms with Gasteiger partial charge in [-0.05, 0) is 30.3 Å². The van der Waals surface area contributed by atoms with E-state index in [-0.39, 0.29) is 16.3 Å². The summed E-state index contributed by atoms with van der Waals surface area (Å²) < 4.78 is 46.8. The molecule has 2 aromatic carbocycles. The Morgan fingerprint density at radius 3 is 2.55 bits per heavy atom. The summed E-state index contributed by atoms with van der Waals surface area (Å²) in [6.45, 7) is 0. The molecule has 0 saturated carbocycles. The standard InChI is InChI=1S/C14H10ClFO5S/c1-20-14(17)9-5-6-12(15)13(7-9)22(18,19)21-11-4-2-3-10(16)8-11/h2-8H,1H3. The minimum atomic E-state index is -4.33. The second-order valence-electron chi connectivity index (χ2n) is 4.13. The van der Waals surface area contributed by atoms with Crippen LogP contribution in [0.15, 0.2) is 47.4 Å². The lowest BCUT2D eigenvalue weighted by molar-refractivity contribution is 0.0600. The summed E-state index contributed by atoms with van der Waals surface area (Å²) in [5.41, 5.74) is -0.00619. The van der Waals surface area contributed by atoms with E-state index < -0.39 is 26.8 Å². The molecule has 0 fully saturated rings. The van der Waals surface area contributed by atoms with Crippen LogP contribution in [0.2, 0.25) is 5.02 Å². The molecule has 0 aromatic heterocycles. The van der Waals surface area contributed by atoms with Gasteiger partial charge in [-0.3, -0.25) is 0 Å². The van der Waals surface area contributed by atoms with E-state index in [1.807, 2.05) is 0 Å². The van der Waals surface area contributed by atoms with Crippen LogP contribution < -0.4 is 4.18 Å². The van der Waals surface area contributed by atoms with Crippen molar-refractivity contribution in [3.8, 4) is 5.75 Å². The van der Waals surface area contributed by atoms with Gasteiger partial charge in [-0.2, -0.15) is 8.42 Å². The van der Waals surface area contributed by atoms with Gasteiger partial charge in [-0.1, -0.05) is 17.7 Å². The minimum Gasteiger partial charge on any atom is -0.465 e. The van der Waals surface area contributed by atoms with Gasteiger partial charge in [0.15, 0.2) is 0 Å². The Labute approximate surface area is 131 Å². The van der Waals surface area contributed by atoms with Crippen LogP contribution in [0.1, 0.15) is 10.4 Å². The van der Waals surface area contributed by atoms with Gasteiger partial charge in [0.2, 0.25) is 0 Å². The maximum atomic E-state index is 13.1. The number of carbonyl (C=O) groups is 1. The van der Waals surface area contributed by atoms with Gasteiger partial charge in [0.05, 0.1) is 17.7 Å². The van der Waals surface area contributed by atoms with Crippen LogP contribution in [-0.4, -0.2) is 21.5 Å². The van der Waals surface area contributed by atoms with Gasteiger partial charge >= 0.3 is 16.1 Å². The minimum absolute atomic E-state index is 0.00619. The lowest BCUT2D eigenvalue weighted by Crippen LogP contribution is -2.12. The largest absolute Gasteiger partial charge is 0.465 e. The fraction of sp³-hybridized carbons (Fsp3) is 0.0714. The SMILES string of the molecule is COC(=O)c1ccc(Cl)c(S(=O)(=O)Oc2cccc(F)c2)c1. The molecule has 0 heterocycles. The van der Waals surface area contributed by atoms with Gasteiger partial charge in [0.1, 0.15) is 16.5 Å². The topological polar surface area (TPSA) is 69.7 Å². The number of ether oxygens (including phenoxy) is 1. The van der Waals surface area contributed by atoms with Crippen molar-refractivity contribution in [2.24, 2.45) is 0 Å². The second-order valence-corrected chi connectivity index (χ2v) is 6.05. The van der Waals surface area contributed by atoms with E-state index in [0.29, 0.717) is 0 Å². The predicted octanol–water partition coefficient (Wildman–Crippen LogP) is 3.03. The van der Waals surface area contributed by atoms with Crippen LogP contribution in [0.5, 0.6) is 5.75 Å². The van der Waals surface area contributed by atoms with Crippen molar-refractivity contribution in [3.63, 3.8) is 0 Å². The van der Waals surface area contributed by atoms with Gasteiger partial charge < -0.3 is 8.92 Å². The summed E-state index contributed by atoms with van der Waals surface area (Å²) >= 11 is 5.84. The van der Waals surface area contributed by atoms with Crippen LogP contribution in [0, 0.1) is 5.82 Å². The van der Waals surface area contributed by atoms with E-state index in [9.17, 15) is 17.6 Å². The maximum Gasteiger partial charge on any atom is 0.340 e. The van der Waals surface area contributed by atoms with Crippen molar-refractivity contribution in [2.45, 2.75) is 4.90 Å². The van der Waals surface area contributed by atoms with Crippen LogP contribution in [-0.2, 0) is 14.9 Å². The predicted molar refractivity (Wildman–Crippen MR) is 77.0 cm³/mol. The van der Waals surface area contributed by atoms with Crippen LogP contribution in [0.3, 0.4) is 0 Å². The van der Waals surface area contributed by atoms with E-state index >= 15 is 0 Å². The summed E-state index contributed by atoms with van der Waals surface area (Å²) in [7, 11) is -3.17. The van der Waals surface area contributed by atoms with E-state index in [2.05, 4.69) is 4.74 Å². The number of carbonyl (C=O) groups excluding carboxylic acids is 1. The fourth-order valence-electron chi connectivity index (χ4n) is 1.63. The molecular formula is C14H10ClFO5S. The van der Waals surface area contributed by atoms with Gasteiger partial charge in [0, 0.05) is 6.07 Å². The third-order valence-electron chi connectivity index (χ3n) is 2.62. The Morgan fingerprint density at radius 1 is 1.18 bits per heavy atom. The molecule has 0 amide bonds. The van der Waals surface area contributed by atoms with E-state index in [1.54, 1.807) is 0 Å². The highest BCUT2D eigenvalue weighted by Crippen LogP contribution is 2.26. The summed E-state index contributed by atoms with van der Waals surface area (Å²) in [4.78, 5) is 11.0. The monoisotopic (exact) mass is 344 g/mol. The number of methoxy groups -OCH3 is 1. The quantitative estimate of drug-likeness (QED) is 0.630. The van der Waals surface area contributed by atoms with Crippen molar-refractivity contribution in [3.05, 3.63) is 58.9 Å². The first-order chi connectivity index (χ1) is 10.3. The van der Waals surface area contributed by atoms with Crippen LogP contribution >= 0.6 is 11.6 Å². The van der Waals surface area contributed by atoms with Crippen molar-refractivity contribution in [1.29, 1.82) is 0 Å². The number of hydrogen-bond acceptors (Lipinski definition) is 5. The van der Waals surface area contributed by atoms with E-state index in [0.717, 1.165) is 25.3 Å². The number of esters is 1. The molecule has 0 spiro atoms. The molecular weight excluding hydrogens is 335 g/mol. The highest BCUT2D eigenvalue weighted by atomic mass is 35.5. The van der Waals surface area contributed by atoms with Crippen molar-refractivity contribution in [2.75, 3.05) is 7.11 Å². The molecule has 0 aliphatic rings. The molecule has 5 nitrogen and oxygen atoms in total. The van der Waals surface area contributed by atoms with Crippen LogP contribution in [0.4, 0.5) is 4.39 Å². The zero-order valence-electron chi connectivity index (χ0n) is 11.2. The molecule has 0 atom stereocenters. The Kier molecular flexibility index (Phi) is 4.68. The third kappa shape index (κ3) is 3.55.